The van der Waals surface area contributed by atoms with E-state index in [4.69, 9.17) is 4.74 Å². The molecule has 2 rings (SSSR count). The number of carboxylic acid groups (broad SMARTS) is 1. The molecular formula is C18H16O5. The number of hydrogen-bond acceptors (Lipinski definition) is 4. The van der Waals surface area contributed by atoms with E-state index in [1.165, 1.54) is 19.1 Å². The van der Waals surface area contributed by atoms with Gasteiger partial charge in [0.15, 0.2) is 5.78 Å². The summed E-state index contributed by atoms with van der Waals surface area (Å²) >= 11 is 0. The van der Waals surface area contributed by atoms with Crippen LogP contribution in [-0.4, -0.2) is 22.8 Å². The minimum Gasteiger partial charge on any atom is -0.478 e. The standard InChI is InChI=1S/C18H16O5/c1-10-5-4-6-13(7-10)16(20)14-8-11(2)17(23-12(3)19)15(9-14)18(21)22/h4-9H,1-3H3,(H,21,22). The molecule has 0 atom stereocenters. The third-order valence-corrected chi connectivity index (χ3v) is 3.29. The molecule has 0 amide bonds. The van der Waals surface area contributed by atoms with Gasteiger partial charge >= 0.3 is 11.9 Å². The lowest BCUT2D eigenvalue weighted by molar-refractivity contribution is -0.131. The zero-order valence-electron chi connectivity index (χ0n) is 13.0. The lowest BCUT2D eigenvalue weighted by Crippen LogP contribution is -2.11. The first-order valence-corrected chi connectivity index (χ1v) is 6.97. The summed E-state index contributed by atoms with van der Waals surface area (Å²) in [6, 6.07) is 9.80. The molecule has 0 saturated carbocycles. The minimum absolute atomic E-state index is 0.0363. The fourth-order valence-corrected chi connectivity index (χ4v) is 2.30. The van der Waals surface area contributed by atoms with Crippen LogP contribution in [-0.2, 0) is 4.79 Å². The summed E-state index contributed by atoms with van der Waals surface area (Å²) in [5.41, 5.74) is 1.84. The Morgan fingerprint density at radius 2 is 1.70 bits per heavy atom. The number of hydrogen-bond donors (Lipinski definition) is 1. The molecular weight excluding hydrogens is 296 g/mol. The van der Waals surface area contributed by atoms with Gasteiger partial charge in [0.25, 0.3) is 0 Å². The van der Waals surface area contributed by atoms with Crippen LogP contribution in [0.5, 0.6) is 5.75 Å². The molecule has 2 aromatic rings. The van der Waals surface area contributed by atoms with Gasteiger partial charge in [-0.3, -0.25) is 9.59 Å². The fourth-order valence-electron chi connectivity index (χ4n) is 2.30. The SMILES string of the molecule is CC(=O)Oc1c(C)cc(C(=O)c2cccc(C)c2)cc1C(=O)O. The molecule has 0 unspecified atom stereocenters. The maximum atomic E-state index is 12.6. The highest BCUT2D eigenvalue weighted by Gasteiger charge is 2.20. The highest BCUT2D eigenvalue weighted by atomic mass is 16.5. The maximum absolute atomic E-state index is 12.6. The zero-order valence-corrected chi connectivity index (χ0v) is 13.0. The van der Waals surface area contributed by atoms with E-state index in [0.717, 1.165) is 5.56 Å². The van der Waals surface area contributed by atoms with Gasteiger partial charge in [-0.25, -0.2) is 4.79 Å². The van der Waals surface area contributed by atoms with Crippen molar-refractivity contribution >= 4 is 17.7 Å². The highest BCUT2D eigenvalue weighted by molar-refractivity contribution is 6.10. The molecule has 0 fully saturated rings. The quantitative estimate of drug-likeness (QED) is 0.533. The van der Waals surface area contributed by atoms with Gasteiger partial charge in [0.2, 0.25) is 0 Å². The molecule has 0 radical (unpaired) electrons. The lowest BCUT2D eigenvalue weighted by atomic mass is 9.97. The second kappa shape index (κ2) is 6.44. The Morgan fingerprint density at radius 3 is 2.26 bits per heavy atom. The number of rotatable bonds is 4. The molecule has 0 aliphatic carbocycles. The van der Waals surface area contributed by atoms with Gasteiger partial charge in [0, 0.05) is 18.1 Å². The summed E-state index contributed by atoms with van der Waals surface area (Å²) in [4.78, 5) is 35.1. The predicted octanol–water partition coefficient (Wildman–Crippen LogP) is 3.16. The molecule has 2 aromatic carbocycles. The van der Waals surface area contributed by atoms with Crippen molar-refractivity contribution in [2.75, 3.05) is 0 Å². The Balaban J connectivity index is 2.54. The molecule has 0 aromatic heterocycles. The first-order chi connectivity index (χ1) is 10.8. The van der Waals surface area contributed by atoms with Crippen molar-refractivity contribution in [3.05, 3.63) is 64.2 Å². The Bertz CT molecular complexity index is 805. The molecule has 0 aliphatic heterocycles. The van der Waals surface area contributed by atoms with Gasteiger partial charge < -0.3 is 9.84 Å². The first kappa shape index (κ1) is 16.4. The van der Waals surface area contributed by atoms with E-state index in [0.29, 0.717) is 11.1 Å². The Labute approximate surface area is 133 Å². The molecule has 0 saturated heterocycles. The fraction of sp³-hybridized carbons (Fsp3) is 0.167. The number of aromatic carboxylic acids is 1. The minimum atomic E-state index is -1.26. The summed E-state index contributed by atoms with van der Waals surface area (Å²) in [5, 5.41) is 9.32. The molecule has 0 spiro atoms. The summed E-state index contributed by atoms with van der Waals surface area (Å²) in [6.45, 7) is 4.66. The second-order valence-corrected chi connectivity index (χ2v) is 5.27. The monoisotopic (exact) mass is 312 g/mol. The van der Waals surface area contributed by atoms with Gasteiger partial charge in [-0.2, -0.15) is 0 Å². The number of benzene rings is 2. The number of carbonyl (C=O) groups excluding carboxylic acids is 2. The molecule has 118 valence electrons. The smallest absolute Gasteiger partial charge is 0.339 e. The lowest BCUT2D eigenvalue weighted by Gasteiger charge is -2.11. The third kappa shape index (κ3) is 3.63. The van der Waals surface area contributed by atoms with E-state index in [1.807, 2.05) is 13.0 Å². The number of carbonyl (C=O) groups is 3. The van der Waals surface area contributed by atoms with Crippen molar-refractivity contribution < 1.29 is 24.2 Å². The predicted molar refractivity (Wildman–Crippen MR) is 84.1 cm³/mol. The summed E-state index contributed by atoms with van der Waals surface area (Å²) in [6.07, 6.45) is 0. The van der Waals surface area contributed by atoms with E-state index in [-0.39, 0.29) is 22.7 Å². The van der Waals surface area contributed by atoms with Crippen LogP contribution in [0, 0.1) is 13.8 Å². The Kier molecular flexibility index (Phi) is 4.60. The van der Waals surface area contributed by atoms with Gasteiger partial charge in [-0.05, 0) is 37.6 Å². The number of carboxylic acids is 1. The van der Waals surface area contributed by atoms with Gasteiger partial charge in [0.05, 0.1) is 0 Å². The molecule has 0 aliphatic rings. The van der Waals surface area contributed by atoms with Crippen LogP contribution in [0.25, 0.3) is 0 Å². The normalized spacial score (nSPS) is 10.2. The van der Waals surface area contributed by atoms with Crippen molar-refractivity contribution in [1.29, 1.82) is 0 Å². The first-order valence-electron chi connectivity index (χ1n) is 6.97. The number of ketones is 1. The van der Waals surface area contributed by atoms with Crippen LogP contribution in [0.1, 0.15) is 44.3 Å². The zero-order chi connectivity index (χ0) is 17.1. The van der Waals surface area contributed by atoms with Crippen molar-refractivity contribution in [3.8, 4) is 5.75 Å². The second-order valence-electron chi connectivity index (χ2n) is 5.27. The van der Waals surface area contributed by atoms with Crippen LogP contribution in [0.3, 0.4) is 0 Å². The van der Waals surface area contributed by atoms with Crippen LogP contribution < -0.4 is 4.74 Å². The largest absolute Gasteiger partial charge is 0.478 e. The highest BCUT2D eigenvalue weighted by Crippen LogP contribution is 2.27. The van der Waals surface area contributed by atoms with E-state index in [2.05, 4.69) is 0 Å². The van der Waals surface area contributed by atoms with Crippen LogP contribution in [0.15, 0.2) is 36.4 Å². The van der Waals surface area contributed by atoms with Crippen molar-refractivity contribution in [3.63, 3.8) is 0 Å². The van der Waals surface area contributed by atoms with E-state index in [1.54, 1.807) is 25.1 Å². The van der Waals surface area contributed by atoms with Crippen LogP contribution >= 0.6 is 0 Å². The van der Waals surface area contributed by atoms with Crippen LogP contribution in [0.4, 0.5) is 0 Å². The summed E-state index contributed by atoms with van der Waals surface area (Å²) < 4.78 is 4.97. The van der Waals surface area contributed by atoms with Gasteiger partial charge in [-0.1, -0.05) is 23.8 Å². The van der Waals surface area contributed by atoms with Gasteiger partial charge in [-0.15, -0.1) is 0 Å². The van der Waals surface area contributed by atoms with Gasteiger partial charge in [0.1, 0.15) is 11.3 Å². The third-order valence-electron chi connectivity index (χ3n) is 3.29. The molecule has 0 heterocycles. The molecule has 1 N–H and O–H groups in total. The van der Waals surface area contributed by atoms with E-state index < -0.39 is 11.9 Å². The van der Waals surface area contributed by atoms with Crippen molar-refractivity contribution in [2.45, 2.75) is 20.8 Å². The molecule has 5 nitrogen and oxygen atoms in total. The van der Waals surface area contributed by atoms with E-state index >= 15 is 0 Å². The van der Waals surface area contributed by atoms with E-state index in [9.17, 15) is 19.5 Å². The number of aryl methyl sites for hydroxylation is 2. The van der Waals surface area contributed by atoms with Crippen molar-refractivity contribution in [2.24, 2.45) is 0 Å². The number of ether oxygens (including phenoxy) is 1. The molecule has 23 heavy (non-hydrogen) atoms. The summed E-state index contributed by atoms with van der Waals surface area (Å²) in [7, 11) is 0. The van der Waals surface area contributed by atoms with Crippen LogP contribution in [0.2, 0.25) is 0 Å². The number of esters is 1. The topological polar surface area (TPSA) is 80.7 Å². The summed E-state index contributed by atoms with van der Waals surface area (Å²) in [5.74, 6) is -2.20. The molecule has 5 heteroatoms. The Hall–Kier alpha value is -2.95. The average Bonchev–Trinajstić information content (AvgIpc) is 2.47. The average molecular weight is 312 g/mol. The molecule has 0 bridgehead atoms. The Morgan fingerprint density at radius 1 is 1.00 bits per heavy atom. The van der Waals surface area contributed by atoms with Crippen molar-refractivity contribution in [1.82, 2.24) is 0 Å². The maximum Gasteiger partial charge on any atom is 0.339 e.